The number of benzene rings is 2. The van der Waals surface area contributed by atoms with Gasteiger partial charge in [0.2, 0.25) is 0 Å². The zero-order valence-corrected chi connectivity index (χ0v) is 33.4. The number of carboxylic acid groups (broad SMARTS) is 1. The number of amides is 1. The second-order valence-corrected chi connectivity index (χ2v) is 15.0. The number of aromatic amines is 2. The summed E-state index contributed by atoms with van der Waals surface area (Å²) in [6.45, 7) is 12.6. The number of nitrogens with one attached hydrogen (secondary N) is 3. The SMILES string of the molecule is Cc1cccc(N)c1C(=O)N1CCCC[C@H]1c1cc2nc(C)c(C)c(=O)n2[nH]1.Cc1cccc(N)c1C(=O)O.Cc1nc2cc([C@@H]3CCCCN3)[nH]n2c(=O)c1C. The van der Waals surface area contributed by atoms with E-state index in [9.17, 15) is 19.2 Å². The minimum absolute atomic E-state index is 0.000408. The number of rotatable bonds is 4. The van der Waals surface area contributed by atoms with Gasteiger partial charge in [0.25, 0.3) is 17.0 Å². The maximum Gasteiger partial charge on any atom is 0.338 e. The Morgan fingerprint density at radius 3 is 1.75 bits per heavy atom. The fraction of sp³-hybridized carbons (Fsp3) is 0.381. The number of carbonyl (C=O) groups is 2. The number of anilines is 2. The summed E-state index contributed by atoms with van der Waals surface area (Å²) in [7, 11) is 0. The highest BCUT2D eigenvalue weighted by atomic mass is 16.4. The van der Waals surface area contributed by atoms with Crippen LogP contribution in [0.25, 0.3) is 11.3 Å². The first kappa shape index (κ1) is 40.4. The highest BCUT2D eigenvalue weighted by Gasteiger charge is 2.32. The van der Waals surface area contributed by atoms with Crippen molar-refractivity contribution in [2.75, 3.05) is 24.6 Å². The van der Waals surface area contributed by atoms with Gasteiger partial charge in [-0.2, -0.15) is 0 Å². The molecule has 0 bridgehead atoms. The van der Waals surface area contributed by atoms with Crippen molar-refractivity contribution in [2.45, 2.75) is 92.2 Å². The van der Waals surface area contributed by atoms with Crippen LogP contribution < -0.4 is 27.9 Å². The van der Waals surface area contributed by atoms with E-state index in [1.54, 1.807) is 42.6 Å². The van der Waals surface area contributed by atoms with Gasteiger partial charge in [0.1, 0.15) is 0 Å². The molecule has 0 radical (unpaired) electrons. The molecule has 2 aliphatic rings. The third kappa shape index (κ3) is 8.33. The standard InChI is InChI=1S/C21H25N5O2.C13H18N4O.C8H9NO2/c1-12-7-6-8-15(22)19(12)21(28)25-10-5-4-9-17(25)16-11-18-23-14(3)13(2)20(27)26(18)24-16;1-8-9(2)15-12-7-11(16-17(12)13(8)18)10-5-3-4-6-14-10;1-5-3-2-4-6(9)7(5)8(10)11/h6-8,11,17,24H,4-5,9-10,22H2,1-3H3;7,10,14,16H,3-6H2,1-2H3;2-4H,9H2,1H3,(H,10,11)/t17-;10-;/m00./s1. The second kappa shape index (κ2) is 16.9. The number of hydrogen-bond donors (Lipinski definition) is 6. The van der Waals surface area contributed by atoms with Crippen LogP contribution in [-0.4, -0.2) is 64.2 Å². The van der Waals surface area contributed by atoms with E-state index in [0.717, 1.165) is 60.6 Å². The number of aryl methyl sites for hydroxylation is 4. The van der Waals surface area contributed by atoms with Crippen LogP contribution in [0.2, 0.25) is 0 Å². The first-order valence-corrected chi connectivity index (χ1v) is 19.3. The summed E-state index contributed by atoms with van der Waals surface area (Å²) >= 11 is 0. The number of piperidine rings is 2. The first-order chi connectivity index (χ1) is 27.2. The molecule has 1 amide bonds. The molecular weight excluding hydrogens is 725 g/mol. The minimum atomic E-state index is -0.972. The Morgan fingerprint density at radius 2 is 1.25 bits per heavy atom. The van der Waals surface area contributed by atoms with Gasteiger partial charge in [-0.05, 0) is 103 Å². The number of fused-ring (bicyclic) bond motifs is 2. The predicted octanol–water partition coefficient (Wildman–Crippen LogP) is 5.63. The number of H-pyrrole nitrogens is 2. The molecule has 8 N–H and O–H groups in total. The molecule has 0 aliphatic carbocycles. The average molecular weight is 777 g/mol. The lowest BCUT2D eigenvalue weighted by Gasteiger charge is -2.35. The van der Waals surface area contributed by atoms with E-state index >= 15 is 0 Å². The molecular formula is C42H52N10O5. The maximum atomic E-state index is 13.4. The van der Waals surface area contributed by atoms with Gasteiger partial charge in [-0.3, -0.25) is 24.6 Å². The molecule has 2 fully saturated rings. The maximum absolute atomic E-state index is 13.4. The van der Waals surface area contributed by atoms with E-state index in [4.69, 9.17) is 16.6 Å². The number of hydrogen-bond acceptors (Lipinski definition) is 9. The zero-order chi connectivity index (χ0) is 41.1. The molecule has 6 heterocycles. The molecule has 2 aliphatic heterocycles. The Labute approximate surface area is 330 Å². The average Bonchev–Trinajstić information content (AvgIpc) is 3.82. The summed E-state index contributed by atoms with van der Waals surface area (Å²) in [5.74, 6) is -1.03. The fourth-order valence-corrected chi connectivity index (χ4v) is 7.55. The Kier molecular flexibility index (Phi) is 12.0. The van der Waals surface area contributed by atoms with Gasteiger partial charge in [-0.25, -0.2) is 23.8 Å². The van der Waals surface area contributed by atoms with Gasteiger partial charge in [-0.15, -0.1) is 0 Å². The van der Waals surface area contributed by atoms with Crippen LogP contribution in [0.4, 0.5) is 11.4 Å². The van der Waals surface area contributed by atoms with E-state index in [0.29, 0.717) is 57.5 Å². The van der Waals surface area contributed by atoms with Crippen LogP contribution in [0.5, 0.6) is 0 Å². The molecule has 57 heavy (non-hydrogen) atoms. The number of carbonyl (C=O) groups excluding carboxylic acids is 1. The Morgan fingerprint density at radius 1 is 0.719 bits per heavy atom. The van der Waals surface area contributed by atoms with Gasteiger partial charge in [0, 0.05) is 58.6 Å². The summed E-state index contributed by atoms with van der Waals surface area (Å²) in [6, 6.07) is 14.6. The Hall–Kier alpha value is -6.22. The van der Waals surface area contributed by atoms with Crippen molar-refractivity contribution in [3.8, 4) is 0 Å². The van der Waals surface area contributed by atoms with Crippen LogP contribution in [0.15, 0.2) is 58.1 Å². The summed E-state index contributed by atoms with van der Waals surface area (Å²) in [4.78, 5) is 59.5. The third-order valence-corrected chi connectivity index (χ3v) is 11.1. The number of carboxylic acids is 1. The molecule has 0 saturated carbocycles. The topological polar surface area (TPSA) is 222 Å². The van der Waals surface area contributed by atoms with Crippen LogP contribution in [-0.2, 0) is 0 Å². The van der Waals surface area contributed by atoms with Crippen molar-refractivity contribution < 1.29 is 14.7 Å². The molecule has 2 saturated heterocycles. The lowest BCUT2D eigenvalue weighted by Crippen LogP contribution is -2.39. The van der Waals surface area contributed by atoms with Crippen LogP contribution >= 0.6 is 0 Å². The Bertz CT molecular complexity index is 2540. The first-order valence-electron chi connectivity index (χ1n) is 19.3. The van der Waals surface area contributed by atoms with Crippen molar-refractivity contribution in [3.63, 3.8) is 0 Å². The quantitative estimate of drug-likeness (QED) is 0.121. The Balaban J connectivity index is 0.000000161. The minimum Gasteiger partial charge on any atom is -0.478 e. The van der Waals surface area contributed by atoms with Gasteiger partial charge < -0.3 is 26.8 Å². The van der Waals surface area contributed by atoms with Gasteiger partial charge in [0.05, 0.1) is 28.6 Å². The number of nitrogen functional groups attached to an aromatic ring is 2. The normalized spacial score (nSPS) is 16.8. The smallest absolute Gasteiger partial charge is 0.338 e. The van der Waals surface area contributed by atoms with E-state index in [1.807, 2.05) is 56.9 Å². The third-order valence-electron chi connectivity index (χ3n) is 11.1. The number of aromatic nitrogens is 6. The second-order valence-electron chi connectivity index (χ2n) is 15.0. The van der Waals surface area contributed by atoms with Crippen LogP contribution in [0.3, 0.4) is 0 Å². The van der Waals surface area contributed by atoms with Crippen LogP contribution in [0, 0.1) is 41.5 Å². The highest BCUT2D eigenvalue weighted by molar-refractivity contribution is 6.00. The number of nitrogens with zero attached hydrogens (tertiary/aromatic N) is 5. The monoisotopic (exact) mass is 776 g/mol. The lowest BCUT2D eigenvalue weighted by atomic mass is 9.96. The van der Waals surface area contributed by atoms with Crippen molar-refractivity contribution in [2.24, 2.45) is 0 Å². The van der Waals surface area contributed by atoms with Crippen LogP contribution in [0.1, 0.15) is 116 Å². The highest BCUT2D eigenvalue weighted by Crippen LogP contribution is 2.33. The molecule has 0 unspecified atom stereocenters. The van der Waals surface area contributed by atoms with Crippen molar-refractivity contribution in [1.29, 1.82) is 0 Å². The molecule has 6 aromatic rings. The van der Waals surface area contributed by atoms with Crippen molar-refractivity contribution >= 4 is 34.5 Å². The molecule has 15 heteroatoms. The van der Waals surface area contributed by atoms with E-state index < -0.39 is 5.97 Å². The van der Waals surface area contributed by atoms with Gasteiger partial charge in [-0.1, -0.05) is 30.7 Å². The molecule has 2 aromatic carbocycles. The van der Waals surface area contributed by atoms with Gasteiger partial charge >= 0.3 is 5.97 Å². The van der Waals surface area contributed by atoms with E-state index in [-0.39, 0.29) is 28.6 Å². The van der Waals surface area contributed by atoms with Crippen molar-refractivity contribution in [3.05, 3.63) is 125 Å². The molecule has 4 aromatic heterocycles. The molecule has 8 rings (SSSR count). The molecule has 2 atom stereocenters. The largest absolute Gasteiger partial charge is 0.478 e. The van der Waals surface area contributed by atoms with Crippen molar-refractivity contribution in [1.82, 2.24) is 39.4 Å². The number of nitrogens with two attached hydrogens (primary N) is 2. The molecule has 15 nitrogen and oxygen atoms in total. The molecule has 300 valence electrons. The lowest BCUT2D eigenvalue weighted by molar-refractivity contribution is 0.0605. The fourth-order valence-electron chi connectivity index (χ4n) is 7.55. The molecule has 0 spiro atoms. The number of likely N-dealkylation sites (tertiary alicyclic amines) is 1. The van der Waals surface area contributed by atoms with Gasteiger partial charge in [0.15, 0.2) is 11.3 Å². The summed E-state index contributed by atoms with van der Waals surface area (Å²) in [5, 5.41) is 18.5. The predicted molar refractivity (Wildman–Crippen MR) is 221 cm³/mol. The van der Waals surface area contributed by atoms with E-state index in [1.165, 1.54) is 17.4 Å². The summed E-state index contributed by atoms with van der Waals surface area (Å²) < 4.78 is 3.02. The number of aromatic carboxylic acids is 1. The van der Waals surface area contributed by atoms with E-state index in [2.05, 4.69) is 25.5 Å². The summed E-state index contributed by atoms with van der Waals surface area (Å²) in [5.41, 5.74) is 20.6. The zero-order valence-electron chi connectivity index (χ0n) is 33.4. The summed E-state index contributed by atoms with van der Waals surface area (Å²) in [6.07, 6.45) is 6.37.